The molecular formula is C15H33N. The molecule has 0 aliphatic heterocycles. The van der Waals surface area contributed by atoms with E-state index in [0.717, 1.165) is 11.8 Å². The summed E-state index contributed by atoms with van der Waals surface area (Å²) in [5.41, 5.74) is 0.264. The minimum absolute atomic E-state index is 0.264. The molecule has 0 radical (unpaired) electrons. The minimum atomic E-state index is 0.264. The third kappa shape index (κ3) is 8.15. The fourth-order valence-corrected chi connectivity index (χ4v) is 2.26. The first-order valence-electron chi connectivity index (χ1n) is 7.17. The van der Waals surface area contributed by atoms with Gasteiger partial charge >= 0.3 is 0 Å². The van der Waals surface area contributed by atoms with Crippen LogP contribution in [0.3, 0.4) is 0 Å². The van der Waals surface area contributed by atoms with E-state index in [0.29, 0.717) is 0 Å². The fourth-order valence-electron chi connectivity index (χ4n) is 2.26. The van der Waals surface area contributed by atoms with Crippen LogP contribution in [0, 0.1) is 11.8 Å². The average Bonchev–Trinajstić information content (AvgIpc) is 2.21. The molecule has 0 fully saturated rings. The lowest BCUT2D eigenvalue weighted by Gasteiger charge is -2.27. The predicted molar refractivity (Wildman–Crippen MR) is 74.8 cm³/mol. The minimum Gasteiger partial charge on any atom is -0.312 e. The van der Waals surface area contributed by atoms with E-state index in [4.69, 9.17) is 0 Å². The van der Waals surface area contributed by atoms with Crippen molar-refractivity contribution in [2.24, 2.45) is 11.8 Å². The molecule has 0 heterocycles. The number of hydrogen-bond acceptors (Lipinski definition) is 1. The number of hydrogen-bond donors (Lipinski definition) is 1. The van der Waals surface area contributed by atoms with Crippen molar-refractivity contribution in [3.63, 3.8) is 0 Å². The highest BCUT2D eigenvalue weighted by molar-refractivity contribution is 4.74. The fraction of sp³-hybridized carbons (Fsp3) is 1.00. The molecule has 1 N–H and O–H groups in total. The zero-order chi connectivity index (χ0) is 12.6. The highest BCUT2D eigenvalue weighted by Crippen LogP contribution is 2.22. The molecule has 0 aromatic carbocycles. The summed E-state index contributed by atoms with van der Waals surface area (Å²) in [6, 6.07) is 0. The highest BCUT2D eigenvalue weighted by Gasteiger charge is 2.16. The molecule has 0 aliphatic carbocycles. The van der Waals surface area contributed by atoms with Gasteiger partial charge in [0.2, 0.25) is 0 Å². The van der Waals surface area contributed by atoms with Gasteiger partial charge in [0, 0.05) is 5.54 Å². The van der Waals surface area contributed by atoms with Crippen LogP contribution in [0.15, 0.2) is 0 Å². The summed E-state index contributed by atoms with van der Waals surface area (Å²) in [6.07, 6.45) is 6.78. The lowest BCUT2D eigenvalue weighted by molar-refractivity contribution is 0.294. The molecular weight excluding hydrogens is 194 g/mol. The van der Waals surface area contributed by atoms with Crippen molar-refractivity contribution in [3.8, 4) is 0 Å². The van der Waals surface area contributed by atoms with Gasteiger partial charge in [-0.3, -0.25) is 0 Å². The van der Waals surface area contributed by atoms with Crippen LogP contribution in [0.25, 0.3) is 0 Å². The van der Waals surface area contributed by atoms with E-state index in [9.17, 15) is 0 Å². The van der Waals surface area contributed by atoms with E-state index in [1.807, 2.05) is 0 Å². The molecule has 0 spiro atoms. The molecule has 0 amide bonds. The van der Waals surface area contributed by atoms with E-state index in [-0.39, 0.29) is 5.54 Å². The topological polar surface area (TPSA) is 12.0 Å². The zero-order valence-electron chi connectivity index (χ0n) is 12.4. The largest absolute Gasteiger partial charge is 0.312 e. The van der Waals surface area contributed by atoms with Crippen LogP contribution in [0.2, 0.25) is 0 Å². The van der Waals surface area contributed by atoms with Gasteiger partial charge in [-0.05, 0) is 52.0 Å². The Morgan fingerprint density at radius 2 is 1.50 bits per heavy atom. The summed E-state index contributed by atoms with van der Waals surface area (Å²) in [7, 11) is 0. The number of rotatable bonds is 8. The Kier molecular flexibility index (Phi) is 8.09. The standard InChI is InChI=1S/C15H33N/c1-7-10-14(11-13(8-2)9-3)12-16-15(4,5)6/h13-14,16H,7-12H2,1-6H3. The summed E-state index contributed by atoms with van der Waals surface area (Å²) in [6.45, 7) is 14.9. The Hall–Kier alpha value is -0.0400. The third-order valence-electron chi connectivity index (χ3n) is 3.44. The molecule has 1 nitrogen and oxygen atoms in total. The van der Waals surface area contributed by atoms with Crippen LogP contribution in [0.4, 0.5) is 0 Å². The second-order valence-corrected chi connectivity index (χ2v) is 6.20. The summed E-state index contributed by atoms with van der Waals surface area (Å²) in [5, 5.41) is 3.66. The van der Waals surface area contributed by atoms with Gasteiger partial charge in [0.1, 0.15) is 0 Å². The molecule has 0 saturated carbocycles. The Morgan fingerprint density at radius 1 is 0.938 bits per heavy atom. The van der Waals surface area contributed by atoms with E-state index in [2.05, 4.69) is 46.9 Å². The molecule has 0 bridgehead atoms. The second kappa shape index (κ2) is 8.11. The molecule has 98 valence electrons. The predicted octanol–water partition coefficient (Wildman–Crippen LogP) is 4.62. The van der Waals surface area contributed by atoms with Crippen molar-refractivity contribution in [2.45, 2.75) is 79.2 Å². The van der Waals surface area contributed by atoms with Crippen molar-refractivity contribution in [1.82, 2.24) is 5.32 Å². The molecule has 0 aliphatic rings. The van der Waals surface area contributed by atoms with Crippen LogP contribution in [-0.4, -0.2) is 12.1 Å². The first-order valence-corrected chi connectivity index (χ1v) is 7.17. The van der Waals surface area contributed by atoms with Crippen molar-refractivity contribution < 1.29 is 0 Å². The van der Waals surface area contributed by atoms with Crippen LogP contribution in [-0.2, 0) is 0 Å². The lowest BCUT2D eigenvalue weighted by Crippen LogP contribution is -2.39. The molecule has 1 atom stereocenters. The number of nitrogens with one attached hydrogen (secondary N) is 1. The Balaban J connectivity index is 4.05. The van der Waals surface area contributed by atoms with Crippen molar-refractivity contribution in [2.75, 3.05) is 6.54 Å². The van der Waals surface area contributed by atoms with Gasteiger partial charge in [0.25, 0.3) is 0 Å². The van der Waals surface area contributed by atoms with Gasteiger partial charge in [-0.2, -0.15) is 0 Å². The van der Waals surface area contributed by atoms with E-state index < -0.39 is 0 Å². The normalized spacial score (nSPS) is 14.4. The third-order valence-corrected chi connectivity index (χ3v) is 3.44. The van der Waals surface area contributed by atoms with Crippen molar-refractivity contribution in [3.05, 3.63) is 0 Å². The van der Waals surface area contributed by atoms with Gasteiger partial charge < -0.3 is 5.32 Å². The average molecular weight is 227 g/mol. The first-order chi connectivity index (χ1) is 7.42. The van der Waals surface area contributed by atoms with Gasteiger partial charge in [-0.1, -0.05) is 40.0 Å². The molecule has 0 saturated heterocycles. The van der Waals surface area contributed by atoms with Crippen LogP contribution in [0.5, 0.6) is 0 Å². The maximum Gasteiger partial charge on any atom is 0.00966 e. The van der Waals surface area contributed by atoms with Gasteiger partial charge in [0.05, 0.1) is 0 Å². The lowest BCUT2D eigenvalue weighted by atomic mass is 9.87. The molecule has 1 unspecified atom stereocenters. The Labute approximate surface area is 103 Å². The Bertz CT molecular complexity index is 153. The molecule has 0 rings (SSSR count). The molecule has 0 aromatic heterocycles. The quantitative estimate of drug-likeness (QED) is 0.638. The smallest absolute Gasteiger partial charge is 0.00966 e. The summed E-state index contributed by atoms with van der Waals surface area (Å²) >= 11 is 0. The van der Waals surface area contributed by atoms with Gasteiger partial charge in [-0.25, -0.2) is 0 Å². The van der Waals surface area contributed by atoms with Crippen LogP contribution in [0.1, 0.15) is 73.6 Å². The molecule has 1 heteroatoms. The molecule has 0 aromatic rings. The van der Waals surface area contributed by atoms with E-state index in [1.54, 1.807) is 0 Å². The van der Waals surface area contributed by atoms with E-state index >= 15 is 0 Å². The second-order valence-electron chi connectivity index (χ2n) is 6.20. The van der Waals surface area contributed by atoms with Gasteiger partial charge in [0.15, 0.2) is 0 Å². The van der Waals surface area contributed by atoms with Crippen LogP contribution >= 0.6 is 0 Å². The van der Waals surface area contributed by atoms with Gasteiger partial charge in [-0.15, -0.1) is 0 Å². The monoisotopic (exact) mass is 227 g/mol. The summed E-state index contributed by atoms with van der Waals surface area (Å²) < 4.78 is 0. The highest BCUT2D eigenvalue weighted by atomic mass is 14.9. The summed E-state index contributed by atoms with van der Waals surface area (Å²) in [5.74, 6) is 1.80. The first kappa shape index (κ1) is 16.0. The molecule has 16 heavy (non-hydrogen) atoms. The van der Waals surface area contributed by atoms with Crippen molar-refractivity contribution in [1.29, 1.82) is 0 Å². The van der Waals surface area contributed by atoms with Crippen molar-refractivity contribution >= 4 is 0 Å². The maximum atomic E-state index is 3.66. The SMILES string of the molecule is CCCC(CNC(C)(C)C)CC(CC)CC. The van der Waals surface area contributed by atoms with E-state index in [1.165, 1.54) is 38.6 Å². The summed E-state index contributed by atoms with van der Waals surface area (Å²) in [4.78, 5) is 0. The van der Waals surface area contributed by atoms with Crippen LogP contribution < -0.4 is 5.32 Å². The maximum absolute atomic E-state index is 3.66. The zero-order valence-corrected chi connectivity index (χ0v) is 12.4. The Morgan fingerprint density at radius 3 is 1.88 bits per heavy atom.